The number of benzene rings is 1. The number of piperidine rings is 1. The van der Waals surface area contributed by atoms with Crippen molar-refractivity contribution in [2.75, 3.05) is 7.11 Å². The molecule has 2 amide bonds. The molecule has 0 spiro atoms. The van der Waals surface area contributed by atoms with Crippen molar-refractivity contribution in [1.29, 1.82) is 0 Å². The molecule has 1 aliphatic heterocycles. The predicted octanol–water partition coefficient (Wildman–Crippen LogP) is 0.671. The fourth-order valence-corrected chi connectivity index (χ4v) is 2.03. The van der Waals surface area contributed by atoms with Crippen molar-refractivity contribution in [3.05, 3.63) is 29.8 Å². The molecule has 1 aromatic rings. The van der Waals surface area contributed by atoms with Crippen molar-refractivity contribution in [1.82, 2.24) is 4.90 Å². The van der Waals surface area contributed by atoms with E-state index in [1.165, 1.54) is 4.90 Å². The third kappa shape index (κ3) is 2.36. The van der Waals surface area contributed by atoms with E-state index in [1.807, 2.05) is 18.2 Å². The summed E-state index contributed by atoms with van der Waals surface area (Å²) in [6.07, 6.45) is 0.752. The first-order valence-electron chi connectivity index (χ1n) is 5.85. The van der Waals surface area contributed by atoms with Gasteiger partial charge in [0, 0.05) is 12.0 Å². The van der Waals surface area contributed by atoms with Gasteiger partial charge in [0.2, 0.25) is 11.8 Å². The van der Waals surface area contributed by atoms with Crippen LogP contribution < -0.4 is 10.5 Å². The third-order valence-corrected chi connectivity index (χ3v) is 3.07. The van der Waals surface area contributed by atoms with Crippen molar-refractivity contribution in [2.24, 2.45) is 5.73 Å². The number of para-hydroxylation sites is 1. The van der Waals surface area contributed by atoms with E-state index in [1.54, 1.807) is 13.2 Å². The van der Waals surface area contributed by atoms with Crippen LogP contribution in [0.15, 0.2) is 24.3 Å². The standard InChI is InChI=1S/C13H16N2O3/c1-18-11-5-3-2-4-9(11)8-15-12(16)7-6-10(14)13(15)17/h2-5,10H,6-8,14H2,1H3. The lowest BCUT2D eigenvalue weighted by Gasteiger charge is -2.29. The highest BCUT2D eigenvalue weighted by Gasteiger charge is 2.32. The molecule has 1 aromatic carbocycles. The van der Waals surface area contributed by atoms with Crippen molar-refractivity contribution in [3.63, 3.8) is 0 Å². The average molecular weight is 248 g/mol. The molecular weight excluding hydrogens is 232 g/mol. The molecule has 0 aliphatic carbocycles. The molecule has 96 valence electrons. The van der Waals surface area contributed by atoms with Gasteiger partial charge in [0.1, 0.15) is 5.75 Å². The monoisotopic (exact) mass is 248 g/mol. The van der Waals surface area contributed by atoms with Gasteiger partial charge in [0.05, 0.1) is 19.7 Å². The van der Waals surface area contributed by atoms with Crippen LogP contribution in [-0.2, 0) is 16.1 Å². The summed E-state index contributed by atoms with van der Waals surface area (Å²) < 4.78 is 5.20. The summed E-state index contributed by atoms with van der Waals surface area (Å²) >= 11 is 0. The molecule has 2 N–H and O–H groups in total. The zero-order valence-corrected chi connectivity index (χ0v) is 10.3. The third-order valence-electron chi connectivity index (χ3n) is 3.07. The van der Waals surface area contributed by atoms with Crippen LogP contribution >= 0.6 is 0 Å². The zero-order chi connectivity index (χ0) is 13.1. The topological polar surface area (TPSA) is 72.6 Å². The van der Waals surface area contributed by atoms with Gasteiger partial charge in [-0.3, -0.25) is 14.5 Å². The Morgan fingerprint density at radius 1 is 1.39 bits per heavy atom. The van der Waals surface area contributed by atoms with Gasteiger partial charge < -0.3 is 10.5 Å². The van der Waals surface area contributed by atoms with E-state index in [9.17, 15) is 9.59 Å². The lowest BCUT2D eigenvalue weighted by molar-refractivity contribution is -0.149. The Balaban J connectivity index is 2.21. The number of hydrogen-bond acceptors (Lipinski definition) is 4. The summed E-state index contributed by atoms with van der Waals surface area (Å²) in [7, 11) is 1.56. The summed E-state index contributed by atoms with van der Waals surface area (Å²) in [4.78, 5) is 24.9. The minimum absolute atomic E-state index is 0.174. The van der Waals surface area contributed by atoms with E-state index in [0.717, 1.165) is 5.56 Å². The molecule has 1 saturated heterocycles. The first kappa shape index (κ1) is 12.6. The summed E-state index contributed by atoms with van der Waals surface area (Å²) in [6.45, 7) is 0.218. The summed E-state index contributed by atoms with van der Waals surface area (Å²) in [5, 5.41) is 0. The highest BCUT2D eigenvalue weighted by atomic mass is 16.5. The Morgan fingerprint density at radius 3 is 2.83 bits per heavy atom. The van der Waals surface area contributed by atoms with Gasteiger partial charge in [-0.15, -0.1) is 0 Å². The number of nitrogens with two attached hydrogens (primary N) is 1. The molecule has 1 atom stereocenters. The van der Waals surface area contributed by atoms with E-state index in [4.69, 9.17) is 10.5 Å². The molecule has 1 fully saturated rings. The molecule has 1 heterocycles. The first-order chi connectivity index (χ1) is 8.63. The SMILES string of the molecule is COc1ccccc1CN1C(=O)CCC(N)C1=O. The van der Waals surface area contributed by atoms with Crippen LogP contribution in [0.1, 0.15) is 18.4 Å². The predicted molar refractivity (Wildman–Crippen MR) is 65.8 cm³/mol. The molecule has 1 unspecified atom stereocenters. The number of hydrogen-bond donors (Lipinski definition) is 1. The minimum atomic E-state index is -0.572. The molecule has 5 heteroatoms. The molecule has 0 aromatic heterocycles. The average Bonchev–Trinajstić information content (AvgIpc) is 2.39. The Hall–Kier alpha value is -1.88. The molecule has 0 bridgehead atoms. The molecule has 0 saturated carbocycles. The van der Waals surface area contributed by atoms with Gasteiger partial charge in [-0.25, -0.2) is 0 Å². The fourth-order valence-electron chi connectivity index (χ4n) is 2.03. The van der Waals surface area contributed by atoms with Crippen LogP contribution in [0.5, 0.6) is 5.75 Å². The van der Waals surface area contributed by atoms with Crippen LogP contribution in [0.4, 0.5) is 0 Å². The van der Waals surface area contributed by atoms with E-state index in [-0.39, 0.29) is 18.4 Å². The van der Waals surface area contributed by atoms with Crippen molar-refractivity contribution < 1.29 is 14.3 Å². The normalized spacial score (nSPS) is 20.1. The summed E-state index contributed by atoms with van der Waals surface area (Å²) in [5.41, 5.74) is 6.48. The van der Waals surface area contributed by atoms with Gasteiger partial charge in [-0.05, 0) is 12.5 Å². The summed E-state index contributed by atoms with van der Waals surface area (Å²) in [6, 6.07) is 6.75. The Bertz CT molecular complexity index is 473. The second-order valence-electron chi connectivity index (χ2n) is 4.28. The Kier molecular flexibility index (Phi) is 3.62. The number of likely N-dealkylation sites (tertiary alicyclic amines) is 1. The van der Waals surface area contributed by atoms with Crippen molar-refractivity contribution in [2.45, 2.75) is 25.4 Å². The highest BCUT2D eigenvalue weighted by Crippen LogP contribution is 2.22. The summed E-state index contributed by atoms with van der Waals surface area (Å²) in [5.74, 6) is 0.182. The molecule has 18 heavy (non-hydrogen) atoms. The number of rotatable bonds is 3. The van der Waals surface area contributed by atoms with E-state index in [0.29, 0.717) is 18.6 Å². The number of methoxy groups -OCH3 is 1. The maximum atomic E-state index is 11.9. The number of nitrogens with zero attached hydrogens (tertiary/aromatic N) is 1. The Morgan fingerprint density at radius 2 is 2.11 bits per heavy atom. The van der Waals surface area contributed by atoms with Crippen LogP contribution in [0.3, 0.4) is 0 Å². The van der Waals surface area contributed by atoms with Crippen LogP contribution in [-0.4, -0.2) is 29.9 Å². The van der Waals surface area contributed by atoms with Crippen LogP contribution in [0.25, 0.3) is 0 Å². The van der Waals surface area contributed by atoms with Crippen LogP contribution in [0.2, 0.25) is 0 Å². The molecule has 5 nitrogen and oxygen atoms in total. The van der Waals surface area contributed by atoms with Crippen molar-refractivity contribution >= 4 is 11.8 Å². The number of carbonyl (C=O) groups is 2. The maximum Gasteiger partial charge on any atom is 0.246 e. The van der Waals surface area contributed by atoms with Gasteiger partial charge in [0.25, 0.3) is 0 Å². The largest absolute Gasteiger partial charge is 0.496 e. The highest BCUT2D eigenvalue weighted by molar-refractivity contribution is 6.00. The second-order valence-corrected chi connectivity index (χ2v) is 4.28. The van der Waals surface area contributed by atoms with Crippen LogP contribution in [0, 0.1) is 0 Å². The zero-order valence-electron chi connectivity index (χ0n) is 10.3. The van der Waals surface area contributed by atoms with E-state index < -0.39 is 6.04 Å². The number of ether oxygens (including phenoxy) is 1. The Labute approximate surface area is 106 Å². The lowest BCUT2D eigenvalue weighted by Crippen LogP contribution is -2.50. The van der Waals surface area contributed by atoms with E-state index in [2.05, 4.69) is 0 Å². The molecule has 1 aliphatic rings. The van der Waals surface area contributed by atoms with Crippen molar-refractivity contribution in [3.8, 4) is 5.75 Å². The van der Waals surface area contributed by atoms with Gasteiger partial charge in [-0.2, -0.15) is 0 Å². The number of carbonyl (C=O) groups excluding carboxylic acids is 2. The second kappa shape index (κ2) is 5.18. The van der Waals surface area contributed by atoms with Gasteiger partial charge in [-0.1, -0.05) is 18.2 Å². The van der Waals surface area contributed by atoms with Gasteiger partial charge >= 0.3 is 0 Å². The quantitative estimate of drug-likeness (QED) is 0.798. The molecular formula is C13H16N2O3. The van der Waals surface area contributed by atoms with Gasteiger partial charge in [0.15, 0.2) is 0 Å². The fraction of sp³-hybridized carbons (Fsp3) is 0.385. The molecule has 0 radical (unpaired) electrons. The maximum absolute atomic E-state index is 11.9. The lowest BCUT2D eigenvalue weighted by atomic mass is 10.0. The minimum Gasteiger partial charge on any atom is -0.496 e. The molecule has 2 rings (SSSR count). The van der Waals surface area contributed by atoms with E-state index >= 15 is 0 Å². The number of amides is 2. The number of imide groups is 1. The smallest absolute Gasteiger partial charge is 0.246 e. The first-order valence-corrected chi connectivity index (χ1v) is 5.85.